The third-order valence-electron chi connectivity index (χ3n) is 2.14. The Labute approximate surface area is 93.1 Å². The molecule has 0 aliphatic heterocycles. The van der Waals surface area contributed by atoms with Crippen LogP contribution in [0.2, 0.25) is 5.02 Å². The minimum absolute atomic E-state index is 0.0328. The molecule has 0 aliphatic rings. The minimum atomic E-state index is -5.10. The highest BCUT2D eigenvalue weighted by molar-refractivity contribution is 6.73. The van der Waals surface area contributed by atoms with E-state index in [0.717, 1.165) is 12.1 Å². The number of benzene rings is 1. The number of rotatable bonds is 1. The van der Waals surface area contributed by atoms with Gasteiger partial charge in [0.2, 0.25) is 0 Å². The summed E-state index contributed by atoms with van der Waals surface area (Å²) in [6.45, 7) is -5.10. The number of nitrogens with zero attached hydrogens (tertiary/aromatic N) is 1. The predicted molar refractivity (Wildman–Crippen MR) is 55.4 cm³/mol. The maximum absolute atomic E-state index is 13.0. The molecule has 0 fully saturated rings. The molecule has 0 saturated heterocycles. The quantitative estimate of drug-likeness (QED) is 0.558. The third-order valence-corrected chi connectivity index (χ3v) is 2.50. The molecule has 0 N–H and O–H groups in total. The lowest BCUT2D eigenvalue weighted by Gasteiger charge is -2.14. The molecule has 84 valence electrons. The van der Waals surface area contributed by atoms with Crippen molar-refractivity contribution in [3.63, 3.8) is 0 Å². The Morgan fingerprint density at radius 1 is 1.19 bits per heavy atom. The van der Waals surface area contributed by atoms with Crippen LogP contribution in [0.5, 0.6) is 0 Å². The molecular formula is C9H4BClF4N-. The van der Waals surface area contributed by atoms with Gasteiger partial charge in [-0.25, -0.2) is 4.39 Å². The average molecular weight is 248 g/mol. The lowest BCUT2D eigenvalue weighted by molar-refractivity contribution is 0.501. The molecule has 0 saturated carbocycles. The second-order valence-electron chi connectivity index (χ2n) is 3.28. The van der Waals surface area contributed by atoms with Gasteiger partial charge in [0.15, 0.2) is 0 Å². The summed E-state index contributed by atoms with van der Waals surface area (Å²) in [6, 6.07) is 3.14. The molecule has 0 radical (unpaired) electrons. The van der Waals surface area contributed by atoms with Crippen LogP contribution in [0, 0.1) is 5.82 Å². The van der Waals surface area contributed by atoms with Crippen LogP contribution in [0.4, 0.5) is 17.3 Å². The lowest BCUT2D eigenvalue weighted by Crippen LogP contribution is -2.34. The summed E-state index contributed by atoms with van der Waals surface area (Å²) in [6.07, 6.45) is 0.660. The van der Waals surface area contributed by atoms with Crippen LogP contribution < -0.4 is 5.46 Å². The highest BCUT2D eigenvalue weighted by Gasteiger charge is 2.26. The van der Waals surface area contributed by atoms with Crippen LogP contribution in [-0.4, -0.2) is 12.0 Å². The van der Waals surface area contributed by atoms with E-state index in [2.05, 4.69) is 4.98 Å². The van der Waals surface area contributed by atoms with Gasteiger partial charge in [0.25, 0.3) is 0 Å². The molecule has 7 heteroatoms. The summed E-state index contributed by atoms with van der Waals surface area (Å²) in [5, 5.41) is -0.0955. The molecule has 0 unspecified atom stereocenters. The molecule has 0 atom stereocenters. The SMILES string of the molecule is Fc1ccc2cc([B-](F)(F)F)cnc2c1Cl. The van der Waals surface area contributed by atoms with Crippen molar-refractivity contribution >= 4 is 34.9 Å². The fourth-order valence-corrected chi connectivity index (χ4v) is 1.56. The largest absolute Gasteiger partial charge is 0.511 e. The fourth-order valence-electron chi connectivity index (χ4n) is 1.34. The van der Waals surface area contributed by atoms with E-state index in [1.165, 1.54) is 6.07 Å². The molecule has 1 nitrogen and oxygen atoms in total. The molecule has 0 bridgehead atoms. The Morgan fingerprint density at radius 3 is 2.50 bits per heavy atom. The van der Waals surface area contributed by atoms with Gasteiger partial charge in [-0.05, 0) is 17.5 Å². The Balaban J connectivity index is 2.70. The van der Waals surface area contributed by atoms with Gasteiger partial charge < -0.3 is 12.9 Å². The summed E-state index contributed by atoms with van der Waals surface area (Å²) >= 11 is 5.58. The van der Waals surface area contributed by atoms with Crippen molar-refractivity contribution in [2.75, 3.05) is 0 Å². The van der Waals surface area contributed by atoms with Gasteiger partial charge in [-0.2, -0.15) is 0 Å². The molecular weight excluding hydrogens is 244 g/mol. The molecule has 0 aliphatic carbocycles. The first-order valence-corrected chi connectivity index (χ1v) is 4.71. The number of hydrogen-bond acceptors (Lipinski definition) is 1. The minimum Gasteiger partial charge on any atom is -0.445 e. The smallest absolute Gasteiger partial charge is 0.445 e. The Hall–Kier alpha value is -1.30. The van der Waals surface area contributed by atoms with Gasteiger partial charge in [0.05, 0.1) is 5.52 Å². The zero-order chi connectivity index (χ0) is 11.9. The topological polar surface area (TPSA) is 12.9 Å². The Kier molecular flexibility index (Phi) is 2.54. The van der Waals surface area contributed by atoms with E-state index in [0.29, 0.717) is 6.20 Å². The van der Waals surface area contributed by atoms with E-state index in [1.54, 1.807) is 0 Å². The Bertz CT molecular complexity index is 555. The van der Waals surface area contributed by atoms with Crippen molar-refractivity contribution in [3.05, 3.63) is 35.2 Å². The van der Waals surface area contributed by atoms with Crippen molar-refractivity contribution in [2.45, 2.75) is 0 Å². The van der Waals surface area contributed by atoms with Crippen LogP contribution >= 0.6 is 11.6 Å². The van der Waals surface area contributed by atoms with Crippen molar-refractivity contribution < 1.29 is 17.3 Å². The van der Waals surface area contributed by atoms with Gasteiger partial charge in [0, 0.05) is 6.20 Å². The van der Waals surface area contributed by atoms with Gasteiger partial charge in [-0.3, -0.25) is 4.98 Å². The first-order valence-electron chi connectivity index (χ1n) is 4.33. The molecule has 1 aromatic heterocycles. The highest BCUT2D eigenvalue weighted by Crippen LogP contribution is 2.24. The molecule has 2 rings (SSSR count). The lowest BCUT2D eigenvalue weighted by atomic mass is 9.81. The van der Waals surface area contributed by atoms with Crippen molar-refractivity contribution in [2.24, 2.45) is 0 Å². The Morgan fingerprint density at radius 2 is 1.88 bits per heavy atom. The van der Waals surface area contributed by atoms with Gasteiger partial charge >= 0.3 is 6.98 Å². The monoisotopic (exact) mass is 248 g/mol. The maximum atomic E-state index is 13.0. The summed E-state index contributed by atoms with van der Waals surface area (Å²) in [5.74, 6) is -0.702. The van der Waals surface area contributed by atoms with E-state index < -0.39 is 18.3 Å². The summed E-state index contributed by atoms with van der Waals surface area (Å²) in [5.41, 5.74) is -0.791. The van der Waals surface area contributed by atoms with Crippen LogP contribution in [0.15, 0.2) is 24.4 Å². The number of pyridine rings is 1. The number of hydrogen-bond donors (Lipinski definition) is 0. The van der Waals surface area contributed by atoms with Crippen molar-refractivity contribution in [3.8, 4) is 0 Å². The average Bonchev–Trinajstić information content (AvgIpc) is 2.22. The van der Waals surface area contributed by atoms with E-state index in [1.807, 2.05) is 0 Å². The van der Waals surface area contributed by atoms with E-state index in [-0.39, 0.29) is 15.9 Å². The number of halogens is 5. The first kappa shape index (κ1) is 11.2. The summed E-state index contributed by atoms with van der Waals surface area (Å²) in [7, 11) is 0. The van der Waals surface area contributed by atoms with Crippen molar-refractivity contribution in [1.82, 2.24) is 4.98 Å². The van der Waals surface area contributed by atoms with E-state index >= 15 is 0 Å². The predicted octanol–water partition coefficient (Wildman–Crippen LogP) is 3.08. The third kappa shape index (κ3) is 1.85. The summed E-state index contributed by atoms with van der Waals surface area (Å²) < 4.78 is 50.2. The van der Waals surface area contributed by atoms with Crippen LogP contribution in [0.3, 0.4) is 0 Å². The molecule has 0 amide bonds. The molecule has 0 spiro atoms. The first-order chi connectivity index (χ1) is 7.39. The van der Waals surface area contributed by atoms with E-state index in [4.69, 9.17) is 11.6 Å². The fraction of sp³-hybridized carbons (Fsp3) is 0. The molecule has 16 heavy (non-hydrogen) atoms. The molecule has 1 heterocycles. The normalized spacial score (nSPS) is 12.1. The number of fused-ring (bicyclic) bond motifs is 1. The second kappa shape index (κ2) is 3.62. The second-order valence-corrected chi connectivity index (χ2v) is 3.65. The number of aromatic nitrogens is 1. The standard InChI is InChI=1S/C9H4BClF4N/c11-8-7(12)2-1-5-3-6(10(13,14)15)4-16-9(5)8/h1-4H/q-1. The molecule has 1 aromatic carbocycles. The van der Waals surface area contributed by atoms with Gasteiger partial charge in [-0.1, -0.05) is 23.1 Å². The van der Waals surface area contributed by atoms with Gasteiger partial charge in [-0.15, -0.1) is 0 Å². The summed E-state index contributed by atoms with van der Waals surface area (Å²) in [4.78, 5) is 3.53. The van der Waals surface area contributed by atoms with E-state index in [9.17, 15) is 17.3 Å². The zero-order valence-corrected chi connectivity index (χ0v) is 8.48. The highest BCUT2D eigenvalue weighted by atomic mass is 35.5. The van der Waals surface area contributed by atoms with Gasteiger partial charge in [0.1, 0.15) is 10.8 Å². The zero-order valence-electron chi connectivity index (χ0n) is 7.72. The van der Waals surface area contributed by atoms with Crippen molar-refractivity contribution in [1.29, 1.82) is 0 Å². The molecule has 2 aromatic rings. The van der Waals surface area contributed by atoms with Crippen LogP contribution in [-0.2, 0) is 0 Å². The maximum Gasteiger partial charge on any atom is 0.511 e. The van der Waals surface area contributed by atoms with Crippen LogP contribution in [0.25, 0.3) is 10.9 Å². The van der Waals surface area contributed by atoms with Crippen LogP contribution in [0.1, 0.15) is 0 Å².